The van der Waals surface area contributed by atoms with E-state index in [2.05, 4.69) is 4.99 Å². The molecule has 0 N–H and O–H groups in total. The van der Waals surface area contributed by atoms with Crippen LogP contribution in [0, 0.1) is 5.82 Å². The van der Waals surface area contributed by atoms with Gasteiger partial charge < -0.3 is 9.47 Å². The first-order valence-electron chi connectivity index (χ1n) is 7.67. The van der Waals surface area contributed by atoms with Gasteiger partial charge in [-0.05, 0) is 48.4 Å². The van der Waals surface area contributed by atoms with E-state index in [0.29, 0.717) is 12.2 Å². The number of aliphatic imine (C=N–C) groups is 1. The second-order valence-corrected chi connectivity index (χ2v) is 5.26. The van der Waals surface area contributed by atoms with Crippen molar-refractivity contribution in [3.63, 3.8) is 0 Å². The Morgan fingerprint density at radius 2 is 2.00 bits per heavy atom. The molecule has 0 amide bonds. The number of carbonyl (C=O) groups excluding carboxylic acids is 1. The Balaban J connectivity index is 1.80. The van der Waals surface area contributed by atoms with Gasteiger partial charge in [0.1, 0.15) is 11.6 Å². The largest absolute Gasteiger partial charge is 0.494 e. The Labute approximate surface area is 139 Å². The zero-order chi connectivity index (χ0) is 16.9. The lowest BCUT2D eigenvalue weighted by atomic mass is 10.2. The lowest BCUT2D eigenvalue weighted by molar-refractivity contribution is -0.129. The first-order chi connectivity index (χ1) is 11.7. The van der Waals surface area contributed by atoms with Crippen molar-refractivity contribution >= 4 is 17.9 Å². The Kier molecular flexibility index (Phi) is 4.70. The molecule has 0 unspecified atom stereocenters. The van der Waals surface area contributed by atoms with E-state index in [1.54, 1.807) is 12.1 Å². The van der Waals surface area contributed by atoms with E-state index in [9.17, 15) is 9.18 Å². The van der Waals surface area contributed by atoms with Crippen molar-refractivity contribution in [2.75, 3.05) is 6.61 Å². The topological polar surface area (TPSA) is 47.9 Å². The minimum atomic E-state index is -0.555. The molecular formula is C19H16FNO3. The Morgan fingerprint density at radius 3 is 2.71 bits per heavy atom. The van der Waals surface area contributed by atoms with Gasteiger partial charge in [-0.1, -0.05) is 25.1 Å². The van der Waals surface area contributed by atoms with Gasteiger partial charge in [-0.2, -0.15) is 0 Å². The predicted octanol–water partition coefficient (Wildman–Crippen LogP) is 3.96. The summed E-state index contributed by atoms with van der Waals surface area (Å²) in [5, 5.41) is 0. The smallest absolute Gasteiger partial charge is 0.363 e. The van der Waals surface area contributed by atoms with Crippen molar-refractivity contribution in [1.29, 1.82) is 0 Å². The second kappa shape index (κ2) is 7.08. The summed E-state index contributed by atoms with van der Waals surface area (Å²) in [5.41, 5.74) is 1.40. The van der Waals surface area contributed by atoms with Crippen LogP contribution in [0.5, 0.6) is 5.75 Å². The fourth-order valence-electron chi connectivity index (χ4n) is 2.19. The van der Waals surface area contributed by atoms with Gasteiger partial charge in [-0.15, -0.1) is 0 Å². The molecule has 5 heteroatoms. The van der Waals surface area contributed by atoms with E-state index in [0.717, 1.165) is 17.7 Å². The van der Waals surface area contributed by atoms with Gasteiger partial charge >= 0.3 is 5.97 Å². The van der Waals surface area contributed by atoms with Gasteiger partial charge in [0.15, 0.2) is 5.70 Å². The summed E-state index contributed by atoms with van der Waals surface area (Å²) in [5.74, 6) is -0.0856. The molecule has 0 spiro atoms. The first kappa shape index (κ1) is 15.9. The Bertz CT molecular complexity index is 810. The molecule has 0 bridgehead atoms. The average Bonchev–Trinajstić information content (AvgIpc) is 2.95. The molecule has 2 aromatic carbocycles. The van der Waals surface area contributed by atoms with Crippen molar-refractivity contribution < 1.29 is 18.7 Å². The van der Waals surface area contributed by atoms with E-state index < -0.39 is 11.8 Å². The summed E-state index contributed by atoms with van der Waals surface area (Å²) in [6, 6.07) is 13.1. The van der Waals surface area contributed by atoms with Crippen LogP contribution in [0.4, 0.5) is 4.39 Å². The minimum Gasteiger partial charge on any atom is -0.494 e. The van der Waals surface area contributed by atoms with Crippen LogP contribution in [0.2, 0.25) is 0 Å². The molecule has 1 aliphatic rings. The fraction of sp³-hybridized carbons (Fsp3) is 0.158. The number of ether oxygens (including phenoxy) is 2. The molecule has 1 aliphatic heterocycles. The highest BCUT2D eigenvalue weighted by molar-refractivity contribution is 6.12. The third kappa shape index (κ3) is 3.68. The van der Waals surface area contributed by atoms with Crippen LogP contribution in [-0.4, -0.2) is 18.5 Å². The van der Waals surface area contributed by atoms with Crippen molar-refractivity contribution in [3.8, 4) is 5.75 Å². The van der Waals surface area contributed by atoms with E-state index in [4.69, 9.17) is 9.47 Å². The molecule has 3 rings (SSSR count). The van der Waals surface area contributed by atoms with Crippen LogP contribution < -0.4 is 4.74 Å². The number of hydrogen-bond donors (Lipinski definition) is 0. The summed E-state index contributed by atoms with van der Waals surface area (Å²) in [7, 11) is 0. The summed E-state index contributed by atoms with van der Waals surface area (Å²) in [6.45, 7) is 2.70. The lowest BCUT2D eigenvalue weighted by Gasteiger charge is -2.04. The molecule has 122 valence electrons. The van der Waals surface area contributed by atoms with Crippen LogP contribution in [-0.2, 0) is 9.53 Å². The van der Waals surface area contributed by atoms with E-state index >= 15 is 0 Å². The zero-order valence-corrected chi connectivity index (χ0v) is 13.2. The molecule has 2 aromatic rings. The molecule has 0 fully saturated rings. The van der Waals surface area contributed by atoms with Crippen molar-refractivity contribution in [2.45, 2.75) is 13.3 Å². The summed E-state index contributed by atoms with van der Waals surface area (Å²) < 4.78 is 23.9. The quantitative estimate of drug-likeness (QED) is 0.617. The van der Waals surface area contributed by atoms with Crippen LogP contribution in [0.3, 0.4) is 0 Å². The van der Waals surface area contributed by atoms with Crippen molar-refractivity contribution in [1.82, 2.24) is 0 Å². The van der Waals surface area contributed by atoms with E-state index in [-0.39, 0.29) is 11.6 Å². The van der Waals surface area contributed by atoms with E-state index in [1.165, 1.54) is 18.2 Å². The van der Waals surface area contributed by atoms with E-state index in [1.807, 2.05) is 31.2 Å². The molecule has 4 nitrogen and oxygen atoms in total. The molecule has 0 atom stereocenters. The highest BCUT2D eigenvalue weighted by Gasteiger charge is 2.24. The van der Waals surface area contributed by atoms with Crippen molar-refractivity contribution in [3.05, 3.63) is 71.2 Å². The molecule has 0 aromatic heterocycles. The Morgan fingerprint density at radius 1 is 1.21 bits per heavy atom. The number of cyclic esters (lactones) is 1. The SMILES string of the molecule is CCCOc1ccc(/C=C2\N=C(c3cccc(F)c3)OC2=O)cc1. The number of benzene rings is 2. The second-order valence-electron chi connectivity index (χ2n) is 5.26. The van der Waals surface area contributed by atoms with Gasteiger partial charge in [0.05, 0.1) is 6.61 Å². The van der Waals surface area contributed by atoms with Crippen LogP contribution in [0.1, 0.15) is 24.5 Å². The molecule has 0 aliphatic carbocycles. The maximum atomic E-state index is 13.3. The number of nitrogens with zero attached hydrogens (tertiary/aromatic N) is 1. The van der Waals surface area contributed by atoms with Crippen LogP contribution in [0.15, 0.2) is 59.2 Å². The molecular weight excluding hydrogens is 309 g/mol. The third-order valence-electron chi connectivity index (χ3n) is 3.35. The van der Waals surface area contributed by atoms with Gasteiger partial charge in [-0.3, -0.25) is 0 Å². The first-order valence-corrected chi connectivity index (χ1v) is 7.67. The summed E-state index contributed by atoms with van der Waals surface area (Å²) in [6.07, 6.45) is 2.56. The van der Waals surface area contributed by atoms with Gasteiger partial charge in [-0.25, -0.2) is 14.2 Å². The van der Waals surface area contributed by atoms with Crippen molar-refractivity contribution in [2.24, 2.45) is 4.99 Å². The lowest BCUT2D eigenvalue weighted by Crippen LogP contribution is -2.05. The minimum absolute atomic E-state index is 0.105. The highest BCUT2D eigenvalue weighted by Crippen LogP contribution is 2.21. The molecule has 0 saturated heterocycles. The maximum absolute atomic E-state index is 13.3. The predicted molar refractivity (Wildman–Crippen MR) is 89.2 cm³/mol. The normalized spacial score (nSPS) is 15.3. The maximum Gasteiger partial charge on any atom is 0.363 e. The molecule has 0 saturated carbocycles. The monoisotopic (exact) mass is 325 g/mol. The standard InChI is InChI=1S/C19H16FNO3/c1-2-10-23-16-8-6-13(7-9-16)11-17-19(22)24-18(21-17)14-4-3-5-15(20)12-14/h3-9,11-12H,2,10H2,1H3/b17-11-. The number of carbonyl (C=O) groups is 1. The summed E-state index contributed by atoms with van der Waals surface area (Å²) >= 11 is 0. The number of esters is 1. The molecule has 24 heavy (non-hydrogen) atoms. The number of halogens is 1. The number of rotatable bonds is 5. The van der Waals surface area contributed by atoms with Crippen LogP contribution >= 0.6 is 0 Å². The summed E-state index contributed by atoms with van der Waals surface area (Å²) in [4.78, 5) is 16.1. The van der Waals surface area contributed by atoms with Crippen LogP contribution in [0.25, 0.3) is 6.08 Å². The molecule has 0 radical (unpaired) electrons. The third-order valence-corrected chi connectivity index (χ3v) is 3.35. The number of hydrogen-bond acceptors (Lipinski definition) is 4. The Hall–Kier alpha value is -2.95. The molecule has 1 heterocycles. The van der Waals surface area contributed by atoms with Gasteiger partial charge in [0.2, 0.25) is 5.90 Å². The van der Waals surface area contributed by atoms with Gasteiger partial charge in [0.25, 0.3) is 0 Å². The van der Waals surface area contributed by atoms with Gasteiger partial charge in [0, 0.05) is 5.56 Å². The zero-order valence-electron chi connectivity index (χ0n) is 13.2. The highest BCUT2D eigenvalue weighted by atomic mass is 19.1. The average molecular weight is 325 g/mol. The fourth-order valence-corrected chi connectivity index (χ4v) is 2.19.